The third kappa shape index (κ3) is 2.65. The lowest BCUT2D eigenvalue weighted by Crippen LogP contribution is -2.41. The number of hydrogen-bond donors (Lipinski definition) is 1. The van der Waals surface area contributed by atoms with E-state index in [-0.39, 0.29) is 0 Å². The minimum Gasteiger partial charge on any atom is -0.496 e. The highest BCUT2D eigenvalue weighted by atomic mass is 16.7. The van der Waals surface area contributed by atoms with Gasteiger partial charge >= 0.3 is 7.12 Å². The van der Waals surface area contributed by atoms with E-state index in [1.807, 2.05) is 39.8 Å². The summed E-state index contributed by atoms with van der Waals surface area (Å²) in [4.78, 5) is 4.03. The minimum atomic E-state index is -0.491. The van der Waals surface area contributed by atoms with Crippen LogP contribution in [0.25, 0.3) is 0 Å². The lowest BCUT2D eigenvalue weighted by molar-refractivity contribution is 0.00578. The van der Waals surface area contributed by atoms with Crippen molar-refractivity contribution in [1.82, 2.24) is 0 Å². The number of aliphatic imine (C=N–C) groups is 1. The second-order valence-electron chi connectivity index (χ2n) is 6.17. The van der Waals surface area contributed by atoms with E-state index in [1.54, 1.807) is 20.4 Å². The third-order valence-electron chi connectivity index (χ3n) is 4.23. The summed E-state index contributed by atoms with van der Waals surface area (Å²) in [7, 11) is 2.81. The van der Waals surface area contributed by atoms with Gasteiger partial charge in [0, 0.05) is 24.4 Å². The Kier molecular flexibility index (Phi) is 4.04. The van der Waals surface area contributed by atoms with Crippen molar-refractivity contribution in [1.29, 1.82) is 0 Å². The molecule has 1 aliphatic heterocycles. The first-order valence-electron chi connectivity index (χ1n) is 6.97. The number of benzene rings is 1. The van der Waals surface area contributed by atoms with E-state index in [0.29, 0.717) is 11.4 Å². The molecule has 0 bridgehead atoms. The molecule has 21 heavy (non-hydrogen) atoms. The summed E-state index contributed by atoms with van der Waals surface area (Å²) in [6.45, 7) is 8.08. The van der Waals surface area contributed by atoms with Crippen LogP contribution in [0.4, 0.5) is 5.69 Å². The van der Waals surface area contributed by atoms with Gasteiger partial charge in [0.15, 0.2) is 0 Å². The summed E-state index contributed by atoms with van der Waals surface area (Å²) >= 11 is 0. The summed E-state index contributed by atoms with van der Waals surface area (Å²) in [6, 6.07) is 3.70. The van der Waals surface area contributed by atoms with Crippen LogP contribution in [0.1, 0.15) is 33.3 Å². The average molecular weight is 290 g/mol. The minimum absolute atomic E-state index is 0.400. The SMILES string of the molecule is CN=Cc1c(N)ccc(B2OC(C)(C)C(C)(C)O2)c1OC. The molecule has 2 rings (SSSR count). The lowest BCUT2D eigenvalue weighted by Gasteiger charge is -2.32. The van der Waals surface area contributed by atoms with Crippen LogP contribution in [-0.4, -0.2) is 38.7 Å². The van der Waals surface area contributed by atoms with Gasteiger partial charge in [-0.15, -0.1) is 0 Å². The molecule has 1 aromatic carbocycles. The van der Waals surface area contributed by atoms with Crippen LogP contribution in [0.15, 0.2) is 17.1 Å². The maximum atomic E-state index is 6.08. The second kappa shape index (κ2) is 5.35. The number of hydrogen-bond acceptors (Lipinski definition) is 5. The van der Waals surface area contributed by atoms with Crippen molar-refractivity contribution in [2.75, 3.05) is 19.9 Å². The Morgan fingerprint density at radius 1 is 1.19 bits per heavy atom. The maximum Gasteiger partial charge on any atom is 0.498 e. The molecular formula is C15H23BN2O3. The van der Waals surface area contributed by atoms with Crippen LogP contribution in [0.5, 0.6) is 5.75 Å². The molecule has 0 aliphatic carbocycles. The Labute approximate surface area is 126 Å². The molecule has 1 saturated heterocycles. The van der Waals surface area contributed by atoms with Gasteiger partial charge in [-0.05, 0) is 33.8 Å². The van der Waals surface area contributed by atoms with E-state index in [1.165, 1.54) is 0 Å². The van der Waals surface area contributed by atoms with Crippen LogP contribution >= 0.6 is 0 Å². The van der Waals surface area contributed by atoms with E-state index in [0.717, 1.165) is 11.0 Å². The summed E-state index contributed by atoms with van der Waals surface area (Å²) in [5, 5.41) is 0. The molecule has 2 N–H and O–H groups in total. The predicted molar refractivity (Wildman–Crippen MR) is 86.6 cm³/mol. The zero-order valence-electron chi connectivity index (χ0n) is 13.6. The Hall–Kier alpha value is -1.53. The molecule has 114 valence electrons. The van der Waals surface area contributed by atoms with Gasteiger partial charge in [-0.2, -0.15) is 0 Å². The molecule has 0 amide bonds. The molecule has 0 spiro atoms. The van der Waals surface area contributed by atoms with Gasteiger partial charge in [-0.25, -0.2) is 0 Å². The van der Waals surface area contributed by atoms with E-state index in [4.69, 9.17) is 19.8 Å². The molecule has 5 nitrogen and oxygen atoms in total. The number of nitrogen functional groups attached to an aromatic ring is 1. The van der Waals surface area contributed by atoms with Gasteiger partial charge in [0.2, 0.25) is 0 Å². The number of ether oxygens (including phenoxy) is 1. The number of methoxy groups -OCH3 is 1. The molecule has 0 atom stereocenters. The maximum absolute atomic E-state index is 6.08. The fraction of sp³-hybridized carbons (Fsp3) is 0.533. The van der Waals surface area contributed by atoms with Crippen molar-refractivity contribution in [3.8, 4) is 5.75 Å². The number of anilines is 1. The monoisotopic (exact) mass is 290 g/mol. The highest BCUT2D eigenvalue weighted by Crippen LogP contribution is 2.37. The Bertz CT molecular complexity index is 554. The zero-order valence-corrected chi connectivity index (χ0v) is 13.6. The van der Waals surface area contributed by atoms with Crippen molar-refractivity contribution < 1.29 is 14.0 Å². The topological polar surface area (TPSA) is 66.1 Å². The molecule has 1 fully saturated rings. The van der Waals surface area contributed by atoms with Crippen molar-refractivity contribution in [2.24, 2.45) is 4.99 Å². The molecule has 1 aliphatic rings. The first-order valence-corrected chi connectivity index (χ1v) is 6.97. The van der Waals surface area contributed by atoms with Crippen molar-refractivity contribution >= 4 is 24.5 Å². The van der Waals surface area contributed by atoms with Crippen LogP contribution in [0, 0.1) is 0 Å². The predicted octanol–water partition coefficient (Wildman–Crippen LogP) is 1.63. The highest BCUT2D eigenvalue weighted by molar-refractivity contribution is 6.63. The summed E-state index contributed by atoms with van der Waals surface area (Å²) in [5.74, 6) is 0.638. The zero-order chi connectivity index (χ0) is 15.8. The van der Waals surface area contributed by atoms with E-state index < -0.39 is 18.3 Å². The van der Waals surface area contributed by atoms with E-state index in [2.05, 4.69) is 4.99 Å². The van der Waals surface area contributed by atoms with Gasteiger partial charge in [0.05, 0.1) is 23.9 Å². The molecule has 0 radical (unpaired) electrons. The molecule has 0 unspecified atom stereocenters. The summed E-state index contributed by atoms with van der Waals surface area (Å²) in [5.41, 5.74) is 7.38. The van der Waals surface area contributed by atoms with Gasteiger partial charge in [-0.1, -0.05) is 6.07 Å². The first kappa shape index (κ1) is 15.9. The normalized spacial score (nSPS) is 20.2. The van der Waals surface area contributed by atoms with Crippen LogP contribution in [-0.2, 0) is 9.31 Å². The lowest BCUT2D eigenvalue weighted by atomic mass is 9.77. The summed E-state index contributed by atoms with van der Waals surface area (Å²) < 4.78 is 17.7. The molecular weight excluding hydrogens is 267 g/mol. The van der Waals surface area contributed by atoms with Crippen LogP contribution in [0.3, 0.4) is 0 Å². The summed E-state index contributed by atoms with van der Waals surface area (Å²) in [6.07, 6.45) is 1.68. The fourth-order valence-electron chi connectivity index (χ4n) is 2.28. The van der Waals surface area contributed by atoms with Gasteiger partial charge in [0.1, 0.15) is 5.75 Å². The van der Waals surface area contributed by atoms with Crippen LogP contribution < -0.4 is 15.9 Å². The largest absolute Gasteiger partial charge is 0.498 e. The number of rotatable bonds is 3. The smallest absolute Gasteiger partial charge is 0.496 e. The van der Waals surface area contributed by atoms with E-state index >= 15 is 0 Å². The quantitative estimate of drug-likeness (QED) is 0.522. The van der Waals surface area contributed by atoms with Crippen molar-refractivity contribution in [3.05, 3.63) is 17.7 Å². The molecule has 1 aromatic rings. The Balaban J connectivity index is 2.49. The first-order chi connectivity index (χ1) is 9.73. The van der Waals surface area contributed by atoms with Crippen LogP contribution in [0.2, 0.25) is 0 Å². The number of nitrogens with two attached hydrogens (primary N) is 1. The standard InChI is InChI=1S/C15H23BN2O3/c1-14(2)15(3,4)21-16(20-14)11-7-8-12(17)10(9-18-5)13(11)19-6/h7-9H,17H2,1-6H3. The second-order valence-corrected chi connectivity index (χ2v) is 6.17. The van der Waals surface area contributed by atoms with Crippen molar-refractivity contribution in [2.45, 2.75) is 38.9 Å². The highest BCUT2D eigenvalue weighted by Gasteiger charge is 2.52. The van der Waals surface area contributed by atoms with Gasteiger partial charge < -0.3 is 19.8 Å². The molecule has 6 heteroatoms. The number of nitrogens with zero attached hydrogens (tertiary/aromatic N) is 1. The van der Waals surface area contributed by atoms with Crippen molar-refractivity contribution in [3.63, 3.8) is 0 Å². The Morgan fingerprint density at radius 2 is 1.76 bits per heavy atom. The third-order valence-corrected chi connectivity index (χ3v) is 4.23. The molecule has 0 aromatic heterocycles. The van der Waals surface area contributed by atoms with E-state index in [9.17, 15) is 0 Å². The molecule has 0 saturated carbocycles. The average Bonchev–Trinajstić information content (AvgIpc) is 2.60. The van der Waals surface area contributed by atoms with Gasteiger partial charge in [0.25, 0.3) is 0 Å². The molecule has 1 heterocycles. The van der Waals surface area contributed by atoms with Gasteiger partial charge in [-0.3, -0.25) is 4.99 Å². The Morgan fingerprint density at radius 3 is 2.24 bits per heavy atom. The fourth-order valence-corrected chi connectivity index (χ4v) is 2.28.